The Balaban J connectivity index is 1.67. The van der Waals surface area contributed by atoms with Crippen LogP contribution in [0.3, 0.4) is 0 Å². The van der Waals surface area contributed by atoms with Gasteiger partial charge >= 0.3 is 11.9 Å². The van der Waals surface area contributed by atoms with Crippen molar-refractivity contribution in [2.45, 2.75) is 51.2 Å². The quantitative estimate of drug-likeness (QED) is 0.378. The summed E-state index contributed by atoms with van der Waals surface area (Å²) in [6.45, 7) is 4.83. The molecule has 0 saturated carbocycles. The minimum Gasteiger partial charge on any atom is -0.504 e. The largest absolute Gasteiger partial charge is 0.504 e. The fourth-order valence-electron chi connectivity index (χ4n) is 2.95. The maximum atomic E-state index is 12.3. The summed E-state index contributed by atoms with van der Waals surface area (Å²) >= 11 is 0. The Hall–Kier alpha value is -2.82. The Morgan fingerprint density at radius 3 is 2.52 bits per heavy atom. The van der Waals surface area contributed by atoms with Gasteiger partial charge in [-0.15, -0.1) is 0 Å². The minimum atomic E-state index is -1.33. The van der Waals surface area contributed by atoms with Crippen molar-refractivity contribution in [3.05, 3.63) is 23.8 Å². The molecule has 2 saturated heterocycles. The van der Waals surface area contributed by atoms with E-state index < -0.39 is 59.6 Å². The molecule has 4 unspecified atom stereocenters. The van der Waals surface area contributed by atoms with Gasteiger partial charge in [0.2, 0.25) is 6.10 Å². The van der Waals surface area contributed by atoms with E-state index in [-0.39, 0.29) is 12.2 Å². The Labute approximate surface area is 166 Å². The maximum absolute atomic E-state index is 12.3. The Morgan fingerprint density at radius 1 is 1.21 bits per heavy atom. The van der Waals surface area contributed by atoms with Crippen LogP contribution in [0.25, 0.3) is 6.08 Å². The highest BCUT2D eigenvalue weighted by molar-refractivity contribution is 5.89. The molecule has 10 nitrogen and oxygen atoms in total. The van der Waals surface area contributed by atoms with E-state index >= 15 is 0 Å². The summed E-state index contributed by atoms with van der Waals surface area (Å²) in [6.07, 6.45) is -1.36. The van der Waals surface area contributed by atoms with Crippen molar-refractivity contribution in [2.24, 2.45) is 0 Å². The van der Waals surface area contributed by atoms with Crippen molar-refractivity contribution in [2.75, 3.05) is 6.61 Å². The second-order valence-corrected chi connectivity index (χ2v) is 7.11. The van der Waals surface area contributed by atoms with Crippen LogP contribution < -0.4 is 0 Å². The molecule has 1 aromatic carbocycles. The summed E-state index contributed by atoms with van der Waals surface area (Å²) in [5, 5.41) is 28.3. The number of benzene rings is 1. The molecule has 158 valence electrons. The van der Waals surface area contributed by atoms with Crippen molar-refractivity contribution in [1.29, 1.82) is 0 Å². The number of hydrogen-bond donors (Lipinski definition) is 3. The smallest absolute Gasteiger partial charge is 0.350 e. The SMILES string of the molecule is CC1OC2OC(C)(C)OC2COC(=O)C1OC(=O)/C=C/c1cc(O)c(O)c(O)c1. The summed E-state index contributed by atoms with van der Waals surface area (Å²) in [5.41, 5.74) is 0.223. The van der Waals surface area contributed by atoms with E-state index in [4.69, 9.17) is 23.7 Å². The third-order valence-electron chi connectivity index (χ3n) is 4.28. The first kappa shape index (κ1) is 20.9. The molecule has 3 N–H and O–H groups in total. The molecule has 2 fully saturated rings. The average molecular weight is 410 g/mol. The number of phenolic OH excluding ortho intramolecular Hbond substituents is 3. The first-order valence-corrected chi connectivity index (χ1v) is 8.87. The van der Waals surface area contributed by atoms with E-state index in [0.717, 1.165) is 18.2 Å². The molecule has 0 radical (unpaired) electrons. The predicted octanol–water partition coefficient (Wildman–Crippen LogP) is 1.17. The fourth-order valence-corrected chi connectivity index (χ4v) is 2.95. The first-order valence-electron chi connectivity index (χ1n) is 8.87. The summed E-state index contributed by atoms with van der Waals surface area (Å²) in [6, 6.07) is 2.27. The number of rotatable bonds is 3. The molecule has 0 bridgehead atoms. The van der Waals surface area contributed by atoms with Crippen molar-refractivity contribution in [1.82, 2.24) is 0 Å². The Bertz CT molecular complexity index is 807. The van der Waals surface area contributed by atoms with Gasteiger partial charge in [0.1, 0.15) is 18.8 Å². The van der Waals surface area contributed by atoms with Crippen LogP contribution in [0, 0.1) is 0 Å². The van der Waals surface area contributed by atoms with E-state index in [1.807, 2.05) is 0 Å². The highest BCUT2D eigenvalue weighted by atomic mass is 16.8. The fraction of sp³-hybridized carbons (Fsp3) is 0.474. The zero-order valence-corrected chi connectivity index (χ0v) is 16.0. The van der Waals surface area contributed by atoms with Crippen LogP contribution >= 0.6 is 0 Å². The topological polar surface area (TPSA) is 141 Å². The monoisotopic (exact) mass is 410 g/mol. The normalized spacial score (nSPS) is 29.0. The number of esters is 2. The van der Waals surface area contributed by atoms with Gasteiger partial charge in [0.25, 0.3) is 0 Å². The van der Waals surface area contributed by atoms with Gasteiger partial charge in [-0.1, -0.05) is 0 Å². The molecule has 0 aliphatic carbocycles. The van der Waals surface area contributed by atoms with Crippen molar-refractivity contribution in [3.63, 3.8) is 0 Å². The van der Waals surface area contributed by atoms with E-state index in [2.05, 4.69) is 0 Å². The molecule has 0 spiro atoms. The number of phenols is 3. The average Bonchev–Trinajstić information content (AvgIpc) is 2.92. The lowest BCUT2D eigenvalue weighted by atomic mass is 10.1. The molecular formula is C19H22O10. The zero-order chi connectivity index (χ0) is 21.3. The number of carbonyl (C=O) groups is 2. The lowest BCUT2D eigenvalue weighted by molar-refractivity contribution is -0.225. The predicted molar refractivity (Wildman–Crippen MR) is 95.7 cm³/mol. The van der Waals surface area contributed by atoms with Gasteiger partial charge in [-0.25, -0.2) is 9.59 Å². The number of cyclic esters (lactones) is 1. The second kappa shape index (κ2) is 7.90. The van der Waals surface area contributed by atoms with Gasteiger partial charge < -0.3 is 39.0 Å². The number of carbonyl (C=O) groups excluding carboxylic acids is 2. The third-order valence-corrected chi connectivity index (χ3v) is 4.28. The number of hydrogen-bond acceptors (Lipinski definition) is 10. The molecule has 2 aliphatic heterocycles. The van der Waals surface area contributed by atoms with Crippen LogP contribution in [0.5, 0.6) is 17.2 Å². The highest BCUT2D eigenvalue weighted by Gasteiger charge is 2.47. The molecule has 4 atom stereocenters. The molecule has 3 rings (SSSR count). The van der Waals surface area contributed by atoms with Gasteiger partial charge in [-0.05, 0) is 44.5 Å². The van der Waals surface area contributed by atoms with Crippen LogP contribution in [0.15, 0.2) is 18.2 Å². The minimum absolute atomic E-state index is 0.115. The first-order chi connectivity index (χ1) is 13.6. The zero-order valence-electron chi connectivity index (χ0n) is 16.0. The molecule has 2 aliphatic rings. The van der Waals surface area contributed by atoms with E-state index in [0.29, 0.717) is 0 Å². The lowest BCUT2D eigenvalue weighted by Gasteiger charge is -2.29. The molecule has 2 heterocycles. The molecule has 29 heavy (non-hydrogen) atoms. The van der Waals surface area contributed by atoms with Crippen LogP contribution in [0.2, 0.25) is 0 Å². The maximum Gasteiger partial charge on any atom is 0.350 e. The van der Waals surface area contributed by atoms with E-state index in [1.54, 1.807) is 13.8 Å². The standard InChI is InChI=1S/C19H22O10/c1-9-16(17(24)25-8-13-18(26-9)29-19(2,3)28-13)27-14(22)5-4-10-6-11(20)15(23)12(21)7-10/h4-7,9,13,16,18,20-21,23H,8H2,1-3H3/b5-4+. The van der Waals surface area contributed by atoms with Gasteiger partial charge in [0.15, 0.2) is 29.3 Å². The summed E-state index contributed by atoms with van der Waals surface area (Å²) in [5.74, 6) is -4.35. The van der Waals surface area contributed by atoms with Gasteiger partial charge in [0.05, 0.1) is 0 Å². The lowest BCUT2D eigenvalue weighted by Crippen LogP contribution is -2.47. The van der Waals surface area contributed by atoms with Crippen molar-refractivity contribution < 1.29 is 48.6 Å². The molecule has 0 amide bonds. The molecule has 10 heteroatoms. The van der Waals surface area contributed by atoms with Gasteiger partial charge in [0, 0.05) is 6.08 Å². The molecule has 1 aromatic rings. The van der Waals surface area contributed by atoms with Crippen molar-refractivity contribution >= 4 is 18.0 Å². The van der Waals surface area contributed by atoms with Crippen LogP contribution in [0.1, 0.15) is 26.3 Å². The van der Waals surface area contributed by atoms with Crippen molar-refractivity contribution in [3.8, 4) is 17.2 Å². The van der Waals surface area contributed by atoms with E-state index in [9.17, 15) is 24.9 Å². The van der Waals surface area contributed by atoms with Crippen LogP contribution in [0.4, 0.5) is 0 Å². The number of aromatic hydroxyl groups is 3. The number of ether oxygens (including phenoxy) is 5. The third kappa shape index (κ3) is 4.78. The Kier molecular flexibility index (Phi) is 5.69. The summed E-state index contributed by atoms with van der Waals surface area (Å²) < 4.78 is 27.3. The van der Waals surface area contributed by atoms with E-state index in [1.165, 1.54) is 13.0 Å². The Morgan fingerprint density at radius 2 is 1.86 bits per heavy atom. The summed E-state index contributed by atoms with van der Waals surface area (Å²) in [7, 11) is 0. The second-order valence-electron chi connectivity index (χ2n) is 7.11. The molecule has 0 aromatic heterocycles. The van der Waals surface area contributed by atoms with Gasteiger partial charge in [-0.3, -0.25) is 0 Å². The van der Waals surface area contributed by atoms with Gasteiger partial charge in [-0.2, -0.15) is 0 Å². The molecular weight excluding hydrogens is 388 g/mol. The summed E-state index contributed by atoms with van der Waals surface area (Å²) in [4.78, 5) is 24.4. The van der Waals surface area contributed by atoms with Crippen LogP contribution in [-0.2, 0) is 33.3 Å². The number of fused-ring (bicyclic) bond motifs is 1. The van der Waals surface area contributed by atoms with Crippen LogP contribution in [-0.4, -0.2) is 64.3 Å². The highest BCUT2D eigenvalue weighted by Crippen LogP contribution is 2.36.